The molecule has 0 saturated heterocycles. The number of rotatable bonds is 4. The van der Waals surface area contributed by atoms with Crippen LogP contribution < -0.4 is 5.32 Å². The van der Waals surface area contributed by atoms with Gasteiger partial charge in [0.25, 0.3) is 0 Å². The molecule has 0 aliphatic carbocycles. The van der Waals surface area contributed by atoms with Gasteiger partial charge in [0.05, 0.1) is 11.4 Å². The number of hydrogen-bond acceptors (Lipinski definition) is 6. The van der Waals surface area contributed by atoms with Crippen LogP contribution in [0.1, 0.15) is 11.3 Å². The van der Waals surface area contributed by atoms with Crippen LogP contribution in [0, 0.1) is 19.7 Å². The van der Waals surface area contributed by atoms with Crippen molar-refractivity contribution in [2.45, 2.75) is 13.8 Å². The zero-order valence-electron chi connectivity index (χ0n) is 14.4. The van der Waals surface area contributed by atoms with Crippen LogP contribution in [0.15, 0.2) is 42.5 Å². The van der Waals surface area contributed by atoms with Gasteiger partial charge in [0, 0.05) is 22.2 Å². The standard InChI is InChI=1S/C18H14ClFN6S/c1-10-3-8-14(9-15(10)20)26-11(2)16(23-25-26)17-22-18(27-24-17)21-13-6-4-12(19)5-7-13/h3-9H,1-2H3,(H,21,22,24). The summed E-state index contributed by atoms with van der Waals surface area (Å²) in [5.41, 5.74) is 3.32. The quantitative estimate of drug-likeness (QED) is 0.525. The lowest BCUT2D eigenvalue weighted by Crippen LogP contribution is -2.00. The fourth-order valence-electron chi connectivity index (χ4n) is 2.52. The molecule has 6 nitrogen and oxygen atoms in total. The molecule has 0 spiro atoms. The van der Waals surface area contributed by atoms with E-state index in [0.29, 0.717) is 32.9 Å². The van der Waals surface area contributed by atoms with Gasteiger partial charge in [0.1, 0.15) is 5.82 Å². The van der Waals surface area contributed by atoms with Gasteiger partial charge in [-0.05, 0) is 55.8 Å². The van der Waals surface area contributed by atoms with Crippen LogP contribution >= 0.6 is 23.1 Å². The van der Waals surface area contributed by atoms with Crippen molar-refractivity contribution < 1.29 is 4.39 Å². The van der Waals surface area contributed by atoms with Gasteiger partial charge in [0.15, 0.2) is 11.5 Å². The molecular weight excluding hydrogens is 387 g/mol. The van der Waals surface area contributed by atoms with Crippen LogP contribution in [0.2, 0.25) is 5.02 Å². The molecule has 2 heterocycles. The van der Waals surface area contributed by atoms with Gasteiger partial charge in [-0.1, -0.05) is 22.9 Å². The Balaban J connectivity index is 1.61. The number of benzene rings is 2. The summed E-state index contributed by atoms with van der Waals surface area (Å²) >= 11 is 7.11. The highest BCUT2D eigenvalue weighted by molar-refractivity contribution is 7.09. The summed E-state index contributed by atoms with van der Waals surface area (Å²) in [6, 6.07) is 12.2. The monoisotopic (exact) mass is 400 g/mol. The maximum atomic E-state index is 13.9. The Kier molecular flexibility index (Phi) is 4.59. The van der Waals surface area contributed by atoms with Gasteiger partial charge in [-0.25, -0.2) is 9.07 Å². The Bertz CT molecular complexity index is 1110. The molecule has 0 bridgehead atoms. The first kappa shape index (κ1) is 17.6. The van der Waals surface area contributed by atoms with Crippen molar-refractivity contribution in [3.8, 4) is 17.2 Å². The molecular formula is C18H14ClFN6S. The first-order valence-corrected chi connectivity index (χ1v) is 9.22. The Labute approximate surface area is 163 Å². The van der Waals surface area contributed by atoms with Crippen LogP contribution in [0.25, 0.3) is 17.2 Å². The number of aromatic nitrogens is 5. The van der Waals surface area contributed by atoms with E-state index in [1.807, 2.05) is 19.1 Å². The van der Waals surface area contributed by atoms with E-state index in [1.54, 1.807) is 35.9 Å². The highest BCUT2D eigenvalue weighted by Crippen LogP contribution is 2.26. The zero-order chi connectivity index (χ0) is 19.0. The maximum Gasteiger partial charge on any atom is 0.207 e. The lowest BCUT2D eigenvalue weighted by Gasteiger charge is -2.04. The molecule has 2 aromatic carbocycles. The molecule has 0 aliphatic rings. The summed E-state index contributed by atoms with van der Waals surface area (Å²) in [4.78, 5) is 4.47. The summed E-state index contributed by atoms with van der Waals surface area (Å²) < 4.78 is 19.8. The molecule has 9 heteroatoms. The van der Waals surface area contributed by atoms with E-state index in [0.717, 1.165) is 11.4 Å². The van der Waals surface area contributed by atoms with E-state index < -0.39 is 0 Å². The smallest absolute Gasteiger partial charge is 0.207 e. The van der Waals surface area contributed by atoms with Crippen molar-refractivity contribution in [1.82, 2.24) is 24.4 Å². The number of halogens is 2. The molecule has 136 valence electrons. The van der Waals surface area contributed by atoms with Crippen molar-refractivity contribution in [2.75, 3.05) is 5.32 Å². The van der Waals surface area contributed by atoms with E-state index in [1.165, 1.54) is 17.6 Å². The van der Waals surface area contributed by atoms with Crippen molar-refractivity contribution in [2.24, 2.45) is 0 Å². The average molecular weight is 401 g/mol. The summed E-state index contributed by atoms with van der Waals surface area (Å²) in [7, 11) is 0. The SMILES string of the molecule is Cc1ccc(-n2nnc(-c3nsc(Nc4ccc(Cl)cc4)n3)c2C)cc1F. The predicted octanol–water partition coefficient (Wildman–Crippen LogP) is 4.94. The van der Waals surface area contributed by atoms with Crippen molar-refractivity contribution in [3.05, 3.63) is 64.6 Å². The van der Waals surface area contributed by atoms with Crippen LogP contribution in [-0.4, -0.2) is 24.4 Å². The predicted molar refractivity (Wildman–Crippen MR) is 104 cm³/mol. The van der Waals surface area contributed by atoms with E-state index in [2.05, 4.69) is 25.0 Å². The number of anilines is 2. The third-order valence-electron chi connectivity index (χ3n) is 4.03. The van der Waals surface area contributed by atoms with Gasteiger partial charge in [0.2, 0.25) is 5.13 Å². The molecule has 0 fully saturated rings. The highest BCUT2D eigenvalue weighted by atomic mass is 35.5. The molecule has 4 rings (SSSR count). The largest absolute Gasteiger partial charge is 0.330 e. The van der Waals surface area contributed by atoms with Crippen LogP contribution in [0.3, 0.4) is 0 Å². The molecule has 1 N–H and O–H groups in total. The highest BCUT2D eigenvalue weighted by Gasteiger charge is 2.17. The second-order valence-corrected chi connectivity index (χ2v) is 7.11. The topological polar surface area (TPSA) is 68.5 Å². The molecule has 2 aromatic heterocycles. The first-order valence-electron chi connectivity index (χ1n) is 8.07. The minimum absolute atomic E-state index is 0.287. The van der Waals surface area contributed by atoms with Crippen LogP contribution in [0.5, 0.6) is 0 Å². The second kappa shape index (κ2) is 7.05. The lowest BCUT2D eigenvalue weighted by molar-refractivity contribution is 0.615. The van der Waals surface area contributed by atoms with Gasteiger partial charge in [-0.15, -0.1) is 5.10 Å². The van der Waals surface area contributed by atoms with E-state index in [4.69, 9.17) is 11.6 Å². The third-order valence-corrected chi connectivity index (χ3v) is 4.91. The normalized spacial score (nSPS) is 11.0. The molecule has 0 radical (unpaired) electrons. The van der Waals surface area contributed by atoms with Gasteiger partial charge >= 0.3 is 0 Å². The summed E-state index contributed by atoms with van der Waals surface area (Å²) in [6.07, 6.45) is 0. The van der Waals surface area contributed by atoms with Crippen LogP contribution in [0.4, 0.5) is 15.2 Å². The lowest BCUT2D eigenvalue weighted by atomic mass is 10.2. The second-order valence-electron chi connectivity index (χ2n) is 5.92. The number of nitrogens with one attached hydrogen (secondary N) is 1. The fourth-order valence-corrected chi connectivity index (χ4v) is 3.24. The van der Waals surface area contributed by atoms with Gasteiger partial charge in [-0.3, -0.25) is 0 Å². The van der Waals surface area contributed by atoms with Crippen LogP contribution in [-0.2, 0) is 0 Å². The van der Waals surface area contributed by atoms with E-state index in [-0.39, 0.29) is 5.82 Å². The molecule has 4 aromatic rings. The Hall–Kier alpha value is -2.84. The van der Waals surface area contributed by atoms with Gasteiger partial charge in [-0.2, -0.15) is 9.36 Å². The molecule has 0 amide bonds. The Morgan fingerprint density at radius 3 is 2.63 bits per heavy atom. The third kappa shape index (κ3) is 3.54. The van der Waals surface area contributed by atoms with Crippen molar-refractivity contribution in [1.29, 1.82) is 0 Å². The summed E-state index contributed by atoms with van der Waals surface area (Å²) in [5.74, 6) is 0.179. The molecule has 0 atom stereocenters. The fraction of sp³-hybridized carbons (Fsp3) is 0.111. The first-order chi connectivity index (χ1) is 13.0. The summed E-state index contributed by atoms with van der Waals surface area (Å²) in [6.45, 7) is 3.56. The van der Waals surface area contributed by atoms with E-state index >= 15 is 0 Å². The van der Waals surface area contributed by atoms with Crippen molar-refractivity contribution >= 4 is 34.0 Å². The van der Waals surface area contributed by atoms with Gasteiger partial charge < -0.3 is 5.32 Å². The minimum Gasteiger partial charge on any atom is -0.330 e. The number of aryl methyl sites for hydroxylation is 1. The molecule has 0 saturated carbocycles. The summed E-state index contributed by atoms with van der Waals surface area (Å²) in [5, 5.41) is 12.8. The zero-order valence-corrected chi connectivity index (χ0v) is 16.0. The number of nitrogens with zero attached hydrogens (tertiary/aromatic N) is 5. The molecule has 27 heavy (non-hydrogen) atoms. The number of hydrogen-bond donors (Lipinski definition) is 1. The molecule has 0 unspecified atom stereocenters. The maximum absolute atomic E-state index is 13.9. The minimum atomic E-state index is -0.287. The average Bonchev–Trinajstić information content (AvgIpc) is 3.26. The molecule has 0 aliphatic heterocycles. The Morgan fingerprint density at radius 2 is 1.89 bits per heavy atom. The Morgan fingerprint density at radius 1 is 1.11 bits per heavy atom. The van der Waals surface area contributed by atoms with E-state index in [9.17, 15) is 4.39 Å². The van der Waals surface area contributed by atoms with Crippen molar-refractivity contribution in [3.63, 3.8) is 0 Å².